The molecule has 0 bridgehead atoms. The molecular weight excluding hydrogens is 342 g/mol. The Bertz CT molecular complexity index is 788. The molecule has 2 aromatic rings. The molecule has 2 N–H and O–H groups in total. The number of anilines is 1. The Morgan fingerprint density at radius 2 is 2.12 bits per heavy atom. The summed E-state index contributed by atoms with van der Waals surface area (Å²) in [5, 5.41) is 9.30. The summed E-state index contributed by atoms with van der Waals surface area (Å²) >= 11 is 0. The summed E-state index contributed by atoms with van der Waals surface area (Å²) in [5.74, 6) is 0.137. The molecule has 0 aliphatic heterocycles. The average molecular weight is 365 g/mol. The van der Waals surface area contributed by atoms with Gasteiger partial charge in [-0.3, -0.25) is 0 Å². The van der Waals surface area contributed by atoms with Crippen LogP contribution in [0.1, 0.15) is 19.4 Å². The number of hydrogen-bond donors (Lipinski definition) is 2. The van der Waals surface area contributed by atoms with Crippen LogP contribution in [0.4, 0.5) is 10.5 Å². The topological polar surface area (TPSA) is 106 Å². The van der Waals surface area contributed by atoms with Crippen LogP contribution in [-0.4, -0.2) is 47.3 Å². The number of aromatic nitrogens is 3. The first-order valence-corrected chi connectivity index (χ1v) is 9.83. The van der Waals surface area contributed by atoms with Gasteiger partial charge in [0.25, 0.3) is 0 Å². The number of sulfone groups is 1. The first-order chi connectivity index (χ1) is 11.8. The maximum absolute atomic E-state index is 11.9. The van der Waals surface area contributed by atoms with Crippen LogP contribution in [0.5, 0.6) is 0 Å². The van der Waals surface area contributed by atoms with Crippen molar-refractivity contribution in [3.8, 4) is 0 Å². The minimum absolute atomic E-state index is 0.0645. The Hall–Kier alpha value is -2.42. The Morgan fingerprint density at radius 3 is 2.80 bits per heavy atom. The molecule has 8 nitrogen and oxygen atoms in total. The molecule has 136 valence electrons. The fourth-order valence-electron chi connectivity index (χ4n) is 2.34. The lowest BCUT2D eigenvalue weighted by molar-refractivity contribution is 0.252. The summed E-state index contributed by atoms with van der Waals surface area (Å²) in [7, 11) is -3.14. The van der Waals surface area contributed by atoms with Crippen LogP contribution >= 0.6 is 0 Å². The number of benzene rings is 1. The van der Waals surface area contributed by atoms with Gasteiger partial charge in [0.05, 0.1) is 18.1 Å². The molecule has 1 aromatic carbocycles. The standard InChI is InChI=1S/C16H23N5O3S/c1-13(2)10-25(23,24)7-6-18-16(22)20-15-5-3-4-14(8-15)9-21-12-17-11-19-21/h3-5,8,11-13H,6-7,9-10H2,1-2H3,(H2,18,20,22). The van der Waals surface area contributed by atoms with E-state index in [1.165, 1.54) is 6.33 Å². The number of carbonyl (C=O) groups is 1. The highest BCUT2D eigenvalue weighted by molar-refractivity contribution is 7.91. The van der Waals surface area contributed by atoms with Gasteiger partial charge < -0.3 is 10.6 Å². The zero-order valence-corrected chi connectivity index (χ0v) is 15.2. The van der Waals surface area contributed by atoms with E-state index in [0.29, 0.717) is 12.2 Å². The maximum Gasteiger partial charge on any atom is 0.319 e. The average Bonchev–Trinajstić information content (AvgIpc) is 2.98. The second-order valence-corrected chi connectivity index (χ2v) is 8.41. The first-order valence-electron chi connectivity index (χ1n) is 8.01. The van der Waals surface area contributed by atoms with E-state index >= 15 is 0 Å². The monoisotopic (exact) mass is 365 g/mol. The zero-order valence-electron chi connectivity index (χ0n) is 14.3. The highest BCUT2D eigenvalue weighted by atomic mass is 32.2. The van der Waals surface area contributed by atoms with Crippen LogP contribution in [0.3, 0.4) is 0 Å². The Balaban J connectivity index is 1.82. The summed E-state index contributed by atoms with van der Waals surface area (Å²) in [4.78, 5) is 15.8. The second kappa shape index (κ2) is 8.61. The van der Waals surface area contributed by atoms with Gasteiger partial charge in [-0.15, -0.1) is 0 Å². The predicted octanol–water partition coefficient (Wildman–Crippen LogP) is 1.52. The number of urea groups is 1. The quantitative estimate of drug-likeness (QED) is 0.738. The van der Waals surface area contributed by atoms with Gasteiger partial charge in [-0.25, -0.2) is 22.9 Å². The van der Waals surface area contributed by atoms with Crippen molar-refractivity contribution in [3.63, 3.8) is 0 Å². The van der Waals surface area contributed by atoms with E-state index in [-0.39, 0.29) is 24.0 Å². The lowest BCUT2D eigenvalue weighted by atomic mass is 10.2. The van der Waals surface area contributed by atoms with E-state index in [1.807, 2.05) is 32.0 Å². The zero-order chi connectivity index (χ0) is 18.3. The SMILES string of the molecule is CC(C)CS(=O)(=O)CCNC(=O)Nc1cccc(Cn2cncn2)c1. The number of carbonyl (C=O) groups excluding carboxylic acids is 1. The van der Waals surface area contributed by atoms with Gasteiger partial charge >= 0.3 is 6.03 Å². The third kappa shape index (κ3) is 6.92. The van der Waals surface area contributed by atoms with Crippen molar-refractivity contribution in [3.05, 3.63) is 42.5 Å². The first kappa shape index (κ1) is 18.9. The molecule has 0 saturated heterocycles. The van der Waals surface area contributed by atoms with Crippen LogP contribution in [0.25, 0.3) is 0 Å². The molecule has 0 fully saturated rings. The number of rotatable bonds is 8. The molecule has 0 aliphatic carbocycles. The number of nitrogens with zero attached hydrogens (tertiary/aromatic N) is 3. The van der Waals surface area contributed by atoms with E-state index in [2.05, 4.69) is 20.7 Å². The molecular formula is C16H23N5O3S. The lowest BCUT2D eigenvalue weighted by Gasteiger charge is -2.10. The molecule has 25 heavy (non-hydrogen) atoms. The van der Waals surface area contributed by atoms with Crippen LogP contribution in [0.2, 0.25) is 0 Å². The van der Waals surface area contributed by atoms with E-state index in [4.69, 9.17) is 0 Å². The minimum atomic E-state index is -3.14. The van der Waals surface area contributed by atoms with Crippen molar-refractivity contribution < 1.29 is 13.2 Å². The van der Waals surface area contributed by atoms with Crippen LogP contribution in [0, 0.1) is 5.92 Å². The number of hydrogen-bond acceptors (Lipinski definition) is 5. The fourth-order valence-corrected chi connectivity index (χ4v) is 3.93. The van der Waals surface area contributed by atoms with Gasteiger partial charge in [0.15, 0.2) is 9.84 Å². The van der Waals surface area contributed by atoms with Crippen LogP contribution in [-0.2, 0) is 16.4 Å². The Morgan fingerprint density at radius 1 is 1.32 bits per heavy atom. The van der Waals surface area contributed by atoms with E-state index in [0.717, 1.165) is 5.56 Å². The molecule has 0 atom stereocenters. The number of amides is 2. The maximum atomic E-state index is 11.9. The number of nitrogens with one attached hydrogen (secondary N) is 2. The Kier molecular flexibility index (Phi) is 6.51. The molecule has 9 heteroatoms. The Labute approximate surface area is 147 Å². The molecule has 0 unspecified atom stereocenters. The predicted molar refractivity (Wildman–Crippen MR) is 96.1 cm³/mol. The van der Waals surface area contributed by atoms with Crippen molar-refractivity contribution >= 4 is 21.6 Å². The summed E-state index contributed by atoms with van der Waals surface area (Å²) in [5.41, 5.74) is 1.59. The second-order valence-electron chi connectivity index (χ2n) is 6.18. The van der Waals surface area contributed by atoms with Gasteiger partial charge in [0.2, 0.25) is 0 Å². The third-order valence-corrected chi connectivity index (χ3v) is 5.28. The molecule has 1 heterocycles. The molecule has 0 radical (unpaired) electrons. The third-order valence-electron chi connectivity index (χ3n) is 3.28. The van der Waals surface area contributed by atoms with Crippen molar-refractivity contribution in [2.24, 2.45) is 5.92 Å². The van der Waals surface area contributed by atoms with Gasteiger partial charge in [0.1, 0.15) is 12.7 Å². The lowest BCUT2D eigenvalue weighted by Crippen LogP contribution is -2.33. The van der Waals surface area contributed by atoms with Crippen molar-refractivity contribution in [1.29, 1.82) is 0 Å². The smallest absolute Gasteiger partial charge is 0.319 e. The minimum Gasteiger partial charge on any atom is -0.337 e. The summed E-state index contributed by atoms with van der Waals surface area (Å²) in [6.45, 7) is 4.33. The molecule has 0 saturated carbocycles. The van der Waals surface area contributed by atoms with Crippen molar-refractivity contribution in [1.82, 2.24) is 20.1 Å². The molecule has 0 spiro atoms. The molecule has 0 aliphatic rings. The van der Waals surface area contributed by atoms with Gasteiger partial charge in [-0.2, -0.15) is 5.10 Å². The van der Waals surface area contributed by atoms with Gasteiger partial charge in [0, 0.05) is 12.2 Å². The largest absolute Gasteiger partial charge is 0.337 e. The summed E-state index contributed by atoms with van der Waals surface area (Å²) < 4.78 is 25.3. The fraction of sp³-hybridized carbons (Fsp3) is 0.438. The summed E-state index contributed by atoms with van der Waals surface area (Å²) in [6, 6.07) is 6.91. The van der Waals surface area contributed by atoms with E-state index in [9.17, 15) is 13.2 Å². The van der Waals surface area contributed by atoms with E-state index in [1.54, 1.807) is 17.1 Å². The summed E-state index contributed by atoms with van der Waals surface area (Å²) in [6.07, 6.45) is 3.08. The highest BCUT2D eigenvalue weighted by Gasteiger charge is 2.13. The molecule has 2 amide bonds. The normalized spacial score (nSPS) is 11.5. The van der Waals surface area contributed by atoms with E-state index < -0.39 is 15.9 Å². The molecule has 2 rings (SSSR count). The van der Waals surface area contributed by atoms with Crippen molar-refractivity contribution in [2.45, 2.75) is 20.4 Å². The van der Waals surface area contributed by atoms with Crippen LogP contribution < -0.4 is 10.6 Å². The molecule has 1 aromatic heterocycles. The van der Waals surface area contributed by atoms with Crippen molar-refractivity contribution in [2.75, 3.05) is 23.4 Å². The van der Waals surface area contributed by atoms with Crippen LogP contribution in [0.15, 0.2) is 36.9 Å². The van der Waals surface area contributed by atoms with Gasteiger partial charge in [-0.1, -0.05) is 26.0 Å². The highest BCUT2D eigenvalue weighted by Crippen LogP contribution is 2.11. The van der Waals surface area contributed by atoms with Gasteiger partial charge in [-0.05, 0) is 23.6 Å².